The summed E-state index contributed by atoms with van der Waals surface area (Å²) in [5, 5.41) is 3.22. The number of nitrogens with zero attached hydrogens (tertiary/aromatic N) is 1. The maximum Gasteiger partial charge on any atom is 0.237 e. The molecule has 1 atom stereocenters. The second-order valence-electron chi connectivity index (χ2n) is 4.34. The lowest BCUT2D eigenvalue weighted by Gasteiger charge is -2.32. The van der Waals surface area contributed by atoms with Crippen molar-refractivity contribution in [3.8, 4) is 0 Å². The number of Topliss-reactive ketones (excluding diaryl/α,β-unsaturated/α-hetero) is 1. The molecule has 0 aliphatic carbocycles. The zero-order valence-corrected chi connectivity index (χ0v) is 10.9. The van der Waals surface area contributed by atoms with Gasteiger partial charge in [-0.1, -0.05) is 23.7 Å². The van der Waals surface area contributed by atoms with Gasteiger partial charge in [-0.15, -0.1) is 0 Å². The average Bonchev–Trinajstić information content (AvgIpc) is 2.35. The molecule has 1 amide bonds. The van der Waals surface area contributed by atoms with Crippen LogP contribution in [0.1, 0.15) is 17.3 Å². The third-order valence-corrected chi connectivity index (χ3v) is 3.48. The fraction of sp³-hybridized carbons (Fsp3) is 0.385. The van der Waals surface area contributed by atoms with Gasteiger partial charge in [0, 0.05) is 18.7 Å². The molecule has 1 heterocycles. The van der Waals surface area contributed by atoms with Crippen molar-refractivity contribution in [2.24, 2.45) is 0 Å². The molecule has 1 aliphatic rings. The summed E-state index contributed by atoms with van der Waals surface area (Å²) in [6.45, 7) is 3.29. The molecule has 0 spiro atoms. The Labute approximate surface area is 111 Å². The average molecular weight is 267 g/mol. The predicted octanol–water partition coefficient (Wildman–Crippen LogP) is 1.34. The summed E-state index contributed by atoms with van der Waals surface area (Å²) in [4.78, 5) is 25.5. The van der Waals surface area contributed by atoms with E-state index >= 15 is 0 Å². The highest BCUT2D eigenvalue weighted by molar-refractivity contribution is 6.34. The number of hydrogen-bond donors (Lipinski definition) is 1. The van der Waals surface area contributed by atoms with Gasteiger partial charge in [-0.3, -0.25) is 14.5 Å². The van der Waals surface area contributed by atoms with Gasteiger partial charge in [-0.05, 0) is 19.1 Å². The standard InChI is InChI=1S/C13H15ClN2O2/c1-9-13(18)15-6-7-16(9)8-12(17)10-4-2-3-5-11(10)14/h2-5,9H,6-8H2,1H3,(H,15,18). The number of carbonyl (C=O) groups is 2. The normalized spacial score (nSPS) is 20.6. The van der Waals surface area contributed by atoms with Crippen molar-refractivity contribution >= 4 is 23.3 Å². The Kier molecular flexibility index (Phi) is 3.99. The number of piperazine rings is 1. The molecule has 18 heavy (non-hydrogen) atoms. The lowest BCUT2D eigenvalue weighted by molar-refractivity contribution is -0.127. The zero-order valence-electron chi connectivity index (χ0n) is 10.1. The van der Waals surface area contributed by atoms with Crippen molar-refractivity contribution in [3.63, 3.8) is 0 Å². The van der Waals surface area contributed by atoms with Crippen LogP contribution in [0.2, 0.25) is 5.02 Å². The number of rotatable bonds is 3. The van der Waals surface area contributed by atoms with Gasteiger partial charge < -0.3 is 5.32 Å². The van der Waals surface area contributed by atoms with Crippen LogP contribution in [0.3, 0.4) is 0 Å². The van der Waals surface area contributed by atoms with Crippen molar-refractivity contribution in [1.29, 1.82) is 0 Å². The fourth-order valence-electron chi connectivity index (χ4n) is 2.00. The third-order valence-electron chi connectivity index (χ3n) is 3.15. The maximum atomic E-state index is 12.1. The largest absolute Gasteiger partial charge is 0.353 e. The highest BCUT2D eigenvalue weighted by atomic mass is 35.5. The van der Waals surface area contributed by atoms with E-state index in [2.05, 4.69) is 5.32 Å². The van der Waals surface area contributed by atoms with Crippen LogP contribution in [0.4, 0.5) is 0 Å². The molecule has 1 N–H and O–H groups in total. The smallest absolute Gasteiger partial charge is 0.237 e. The molecule has 2 rings (SSSR count). The number of carbonyl (C=O) groups excluding carboxylic acids is 2. The minimum absolute atomic E-state index is 0.0341. The van der Waals surface area contributed by atoms with Crippen molar-refractivity contribution in [1.82, 2.24) is 10.2 Å². The van der Waals surface area contributed by atoms with E-state index in [0.717, 1.165) is 0 Å². The predicted molar refractivity (Wildman–Crippen MR) is 69.8 cm³/mol. The second-order valence-corrected chi connectivity index (χ2v) is 4.75. The molecule has 5 heteroatoms. The van der Waals surface area contributed by atoms with Gasteiger partial charge in [0.2, 0.25) is 5.91 Å². The number of ketones is 1. The van der Waals surface area contributed by atoms with Gasteiger partial charge >= 0.3 is 0 Å². The summed E-state index contributed by atoms with van der Waals surface area (Å²) >= 11 is 5.98. The molecule has 4 nitrogen and oxygen atoms in total. The first kappa shape index (κ1) is 13.1. The number of hydrogen-bond acceptors (Lipinski definition) is 3. The van der Waals surface area contributed by atoms with Crippen molar-refractivity contribution < 1.29 is 9.59 Å². The van der Waals surface area contributed by atoms with E-state index in [1.54, 1.807) is 31.2 Å². The lowest BCUT2D eigenvalue weighted by Crippen LogP contribution is -2.55. The molecule has 1 unspecified atom stereocenters. The monoisotopic (exact) mass is 266 g/mol. The van der Waals surface area contributed by atoms with Crippen LogP contribution in [0, 0.1) is 0 Å². The van der Waals surface area contributed by atoms with Gasteiger partial charge in [-0.2, -0.15) is 0 Å². The van der Waals surface area contributed by atoms with E-state index in [-0.39, 0.29) is 24.3 Å². The molecule has 0 saturated carbocycles. The summed E-state index contributed by atoms with van der Waals surface area (Å²) in [6, 6.07) is 6.70. The van der Waals surface area contributed by atoms with Crippen molar-refractivity contribution in [2.45, 2.75) is 13.0 Å². The molecule has 1 fully saturated rings. The van der Waals surface area contributed by atoms with Gasteiger partial charge in [0.25, 0.3) is 0 Å². The van der Waals surface area contributed by atoms with Crippen LogP contribution in [0.15, 0.2) is 24.3 Å². The summed E-state index contributed by atoms with van der Waals surface area (Å²) in [6.07, 6.45) is 0. The second kappa shape index (κ2) is 5.50. The van der Waals surface area contributed by atoms with E-state index in [4.69, 9.17) is 11.6 Å². The summed E-state index contributed by atoms with van der Waals surface area (Å²) in [5.41, 5.74) is 0.511. The third kappa shape index (κ3) is 2.71. The number of halogens is 1. The first-order chi connectivity index (χ1) is 8.59. The number of amides is 1. The molecule has 0 aromatic heterocycles. The van der Waals surface area contributed by atoms with Crippen LogP contribution < -0.4 is 5.32 Å². The zero-order chi connectivity index (χ0) is 13.1. The van der Waals surface area contributed by atoms with Crippen molar-refractivity contribution in [2.75, 3.05) is 19.6 Å². The van der Waals surface area contributed by atoms with Gasteiger partial charge in [0.1, 0.15) is 0 Å². The molecular formula is C13H15ClN2O2. The lowest BCUT2D eigenvalue weighted by atomic mass is 10.1. The molecule has 0 bridgehead atoms. The quantitative estimate of drug-likeness (QED) is 0.840. The molecule has 0 radical (unpaired) electrons. The number of nitrogens with one attached hydrogen (secondary N) is 1. The summed E-state index contributed by atoms with van der Waals surface area (Å²) in [7, 11) is 0. The highest BCUT2D eigenvalue weighted by Gasteiger charge is 2.27. The molecular weight excluding hydrogens is 252 g/mol. The molecule has 1 aromatic carbocycles. The van der Waals surface area contributed by atoms with Crippen LogP contribution in [0.5, 0.6) is 0 Å². The Morgan fingerprint density at radius 1 is 1.50 bits per heavy atom. The minimum atomic E-state index is -0.273. The van der Waals surface area contributed by atoms with E-state index in [9.17, 15) is 9.59 Å². The highest BCUT2D eigenvalue weighted by Crippen LogP contribution is 2.16. The Morgan fingerprint density at radius 3 is 2.94 bits per heavy atom. The summed E-state index contributed by atoms with van der Waals surface area (Å²) < 4.78 is 0. The Bertz CT molecular complexity index is 476. The first-order valence-corrected chi connectivity index (χ1v) is 6.27. The van der Waals surface area contributed by atoms with E-state index in [0.29, 0.717) is 23.7 Å². The van der Waals surface area contributed by atoms with E-state index < -0.39 is 0 Å². The topological polar surface area (TPSA) is 49.4 Å². The summed E-state index contributed by atoms with van der Waals surface area (Å²) in [5.74, 6) is -0.0876. The molecule has 1 aliphatic heterocycles. The first-order valence-electron chi connectivity index (χ1n) is 5.89. The maximum absolute atomic E-state index is 12.1. The molecule has 1 saturated heterocycles. The molecule has 1 aromatic rings. The van der Waals surface area contributed by atoms with Gasteiger partial charge in [-0.25, -0.2) is 0 Å². The van der Waals surface area contributed by atoms with Crippen LogP contribution >= 0.6 is 11.6 Å². The van der Waals surface area contributed by atoms with Crippen LogP contribution in [-0.2, 0) is 4.79 Å². The Balaban J connectivity index is 2.08. The van der Waals surface area contributed by atoms with E-state index in [1.165, 1.54) is 0 Å². The van der Waals surface area contributed by atoms with E-state index in [1.807, 2.05) is 4.90 Å². The SMILES string of the molecule is CC1C(=O)NCCN1CC(=O)c1ccccc1Cl. The Hall–Kier alpha value is -1.39. The Morgan fingerprint density at radius 2 is 2.22 bits per heavy atom. The van der Waals surface area contributed by atoms with Gasteiger partial charge in [0.05, 0.1) is 17.6 Å². The molecule has 96 valence electrons. The van der Waals surface area contributed by atoms with Crippen molar-refractivity contribution in [3.05, 3.63) is 34.9 Å². The van der Waals surface area contributed by atoms with Gasteiger partial charge in [0.15, 0.2) is 5.78 Å². The minimum Gasteiger partial charge on any atom is -0.353 e. The van der Waals surface area contributed by atoms with Crippen LogP contribution in [-0.4, -0.2) is 42.3 Å². The fourth-order valence-corrected chi connectivity index (χ4v) is 2.24. The number of benzene rings is 1. The van der Waals surface area contributed by atoms with Crippen LogP contribution in [0.25, 0.3) is 0 Å².